The maximum Gasteiger partial charge on any atom is 0.460 e. The second-order valence-corrected chi connectivity index (χ2v) is 6.09. The van der Waals surface area contributed by atoms with Crippen LogP contribution in [-0.4, -0.2) is 69.7 Å². The van der Waals surface area contributed by atoms with Gasteiger partial charge < -0.3 is 5.11 Å². The molecule has 0 saturated heterocycles. The van der Waals surface area contributed by atoms with Gasteiger partial charge in [0.2, 0.25) is 0 Å². The van der Waals surface area contributed by atoms with Gasteiger partial charge >= 0.3 is 41.7 Å². The van der Waals surface area contributed by atoms with Gasteiger partial charge in [-0.25, -0.2) is 8.78 Å². The standard InChI is InChI=1S/C8H3F17Si.CH4O/c9-1(10,3(13,14)5(17,18)7(21,22)23)2(11,12)4(15,16)6(19,20)8(24,25)26;1-2/h26H3;2H,1H3. The van der Waals surface area contributed by atoms with Crippen molar-refractivity contribution in [1.82, 2.24) is 0 Å². The summed E-state index contributed by atoms with van der Waals surface area (Å²) in [6.07, 6.45) is -7.73. The van der Waals surface area contributed by atoms with Crippen molar-refractivity contribution in [2.45, 2.75) is 47.3 Å². The maximum atomic E-state index is 12.9. The minimum Gasteiger partial charge on any atom is -0.400 e. The molecular formula is C9H7F17OSi. The molecule has 0 bridgehead atoms. The average Bonchev–Trinajstić information content (AvgIpc) is 2.45. The second-order valence-electron chi connectivity index (χ2n) is 4.83. The van der Waals surface area contributed by atoms with Crippen LogP contribution in [0.2, 0.25) is 0 Å². The number of hydrogen-bond acceptors (Lipinski definition) is 1. The fourth-order valence-electron chi connectivity index (χ4n) is 1.24. The van der Waals surface area contributed by atoms with Gasteiger partial charge in [0.05, 0.1) is 10.2 Å². The molecule has 0 aliphatic carbocycles. The highest BCUT2D eigenvalue weighted by Crippen LogP contribution is 2.63. The number of hydrogen-bond donors (Lipinski definition) is 1. The first-order valence-electron chi connectivity index (χ1n) is 5.91. The lowest BCUT2D eigenvalue weighted by molar-refractivity contribution is -0.458. The molecule has 0 fully saturated rings. The predicted octanol–water partition coefficient (Wildman–Crippen LogP) is 3.93. The molecule has 0 saturated carbocycles. The number of halogens is 17. The monoisotopic (exact) mass is 482 g/mol. The summed E-state index contributed by atoms with van der Waals surface area (Å²) in [6.45, 7) is 0. The van der Waals surface area contributed by atoms with Gasteiger partial charge in [-0.3, -0.25) is 0 Å². The molecule has 1 N–H and O–H groups in total. The van der Waals surface area contributed by atoms with Crippen molar-refractivity contribution in [3.8, 4) is 0 Å². The van der Waals surface area contributed by atoms with Gasteiger partial charge in [-0.05, 0) is 0 Å². The molecule has 0 heterocycles. The number of rotatable bonds is 6. The molecule has 0 aromatic carbocycles. The zero-order valence-electron chi connectivity index (χ0n) is 12.9. The van der Waals surface area contributed by atoms with Crippen molar-refractivity contribution in [3.63, 3.8) is 0 Å². The molecule has 0 unspecified atom stereocenters. The Kier molecular flexibility index (Phi) is 7.66. The Balaban J connectivity index is 0. The van der Waals surface area contributed by atoms with E-state index in [1.165, 1.54) is 0 Å². The molecule has 0 aromatic heterocycles. The summed E-state index contributed by atoms with van der Waals surface area (Å²) in [6, 6.07) is 0. The lowest BCUT2D eigenvalue weighted by Crippen LogP contribution is -2.74. The normalized spacial score (nSPS) is 16.0. The van der Waals surface area contributed by atoms with Crippen LogP contribution >= 0.6 is 0 Å². The van der Waals surface area contributed by atoms with E-state index in [9.17, 15) is 74.6 Å². The topological polar surface area (TPSA) is 20.2 Å². The van der Waals surface area contributed by atoms with E-state index in [0.717, 1.165) is 7.11 Å². The Bertz CT molecular complexity index is 482. The first kappa shape index (κ1) is 29.2. The lowest BCUT2D eigenvalue weighted by atomic mass is 9.91. The van der Waals surface area contributed by atoms with E-state index in [1.807, 2.05) is 0 Å². The van der Waals surface area contributed by atoms with Crippen LogP contribution in [0.4, 0.5) is 74.6 Å². The lowest BCUT2D eigenvalue weighted by Gasteiger charge is -2.42. The number of alkyl halides is 17. The van der Waals surface area contributed by atoms with Gasteiger partial charge in [0.25, 0.3) is 5.55 Å². The largest absolute Gasteiger partial charge is 0.460 e. The van der Waals surface area contributed by atoms with Gasteiger partial charge in [-0.2, -0.15) is 65.9 Å². The van der Waals surface area contributed by atoms with Crippen molar-refractivity contribution in [1.29, 1.82) is 0 Å². The highest BCUT2D eigenvalue weighted by Gasteiger charge is 2.94. The minimum absolute atomic E-state index is 1.00. The first-order valence-corrected chi connectivity index (χ1v) is 6.91. The third-order valence-corrected chi connectivity index (χ3v) is 3.51. The molecule has 19 heteroatoms. The van der Waals surface area contributed by atoms with Crippen molar-refractivity contribution in [3.05, 3.63) is 0 Å². The van der Waals surface area contributed by atoms with Crippen LogP contribution in [0.5, 0.6) is 0 Å². The molecular weight excluding hydrogens is 475 g/mol. The minimum atomic E-state index is -8.54. The molecule has 0 radical (unpaired) electrons. The Morgan fingerprint density at radius 3 is 0.750 bits per heavy atom. The van der Waals surface area contributed by atoms with Crippen LogP contribution in [0.15, 0.2) is 0 Å². The van der Waals surface area contributed by atoms with Crippen LogP contribution in [0, 0.1) is 0 Å². The van der Waals surface area contributed by atoms with Crippen LogP contribution < -0.4 is 0 Å². The van der Waals surface area contributed by atoms with E-state index in [1.54, 1.807) is 0 Å². The molecule has 0 spiro atoms. The molecule has 0 aliphatic rings. The van der Waals surface area contributed by atoms with E-state index in [4.69, 9.17) is 5.11 Å². The summed E-state index contributed by atoms with van der Waals surface area (Å²) < 4.78 is 213. The zero-order chi connectivity index (χ0) is 24.0. The van der Waals surface area contributed by atoms with Crippen molar-refractivity contribution in [2.75, 3.05) is 7.11 Å². The van der Waals surface area contributed by atoms with Gasteiger partial charge in [-0.1, -0.05) is 0 Å². The molecule has 0 aliphatic heterocycles. The first-order chi connectivity index (χ1) is 11.8. The van der Waals surface area contributed by atoms with Crippen molar-refractivity contribution >= 4 is 10.2 Å². The van der Waals surface area contributed by atoms with Crippen LogP contribution in [-0.2, 0) is 0 Å². The summed E-state index contributed by atoms with van der Waals surface area (Å²) in [5, 5.41) is 7.00. The van der Waals surface area contributed by atoms with Gasteiger partial charge in [-0.15, -0.1) is 0 Å². The van der Waals surface area contributed by atoms with Crippen LogP contribution in [0.25, 0.3) is 0 Å². The van der Waals surface area contributed by atoms with Crippen molar-refractivity contribution in [2.24, 2.45) is 0 Å². The van der Waals surface area contributed by atoms with E-state index < -0.39 is 57.5 Å². The average molecular weight is 482 g/mol. The van der Waals surface area contributed by atoms with Crippen LogP contribution in [0.1, 0.15) is 0 Å². The predicted molar refractivity (Wildman–Crippen MR) is 58.8 cm³/mol. The third-order valence-electron chi connectivity index (χ3n) is 2.88. The summed E-state index contributed by atoms with van der Waals surface area (Å²) in [5.41, 5.74) is -6.17. The fourth-order valence-corrected chi connectivity index (χ4v) is 1.56. The Morgan fingerprint density at radius 1 is 0.393 bits per heavy atom. The summed E-state index contributed by atoms with van der Waals surface area (Å²) >= 11 is 0. The number of aliphatic hydroxyl groups excluding tert-OH is 1. The van der Waals surface area contributed by atoms with E-state index in [-0.39, 0.29) is 0 Å². The number of aliphatic hydroxyl groups is 1. The smallest absolute Gasteiger partial charge is 0.400 e. The zero-order valence-corrected chi connectivity index (χ0v) is 14.9. The highest BCUT2D eigenvalue weighted by molar-refractivity contribution is 6.14. The highest BCUT2D eigenvalue weighted by atomic mass is 28.1. The second kappa shape index (κ2) is 7.35. The molecule has 172 valence electrons. The van der Waals surface area contributed by atoms with Crippen molar-refractivity contribution < 1.29 is 79.7 Å². The quantitative estimate of drug-likeness (QED) is 0.450. The summed E-state index contributed by atoms with van der Waals surface area (Å²) in [7, 11) is -1.45. The molecule has 0 rings (SSSR count). The molecule has 0 amide bonds. The van der Waals surface area contributed by atoms with Gasteiger partial charge in [0, 0.05) is 7.11 Å². The molecule has 0 aromatic rings. The SMILES string of the molecule is CO.FC(F)(F)C(F)(F)C(F)(F)C(F)(F)C(F)(F)C(F)(F)C(F)(F)C(F)(F)[SiH3]. The van der Waals surface area contributed by atoms with Gasteiger partial charge in [0.1, 0.15) is 0 Å². The molecule has 0 atom stereocenters. The van der Waals surface area contributed by atoms with E-state index in [2.05, 4.69) is 0 Å². The Morgan fingerprint density at radius 2 is 0.571 bits per heavy atom. The van der Waals surface area contributed by atoms with E-state index in [0.29, 0.717) is 0 Å². The maximum absolute atomic E-state index is 12.9. The Hall–Kier alpha value is -1.01. The van der Waals surface area contributed by atoms with E-state index >= 15 is 0 Å². The molecule has 28 heavy (non-hydrogen) atoms. The molecule has 1 nitrogen and oxygen atoms in total. The summed E-state index contributed by atoms with van der Waals surface area (Å²) in [4.78, 5) is 0. The van der Waals surface area contributed by atoms with Crippen LogP contribution in [0.3, 0.4) is 0 Å². The fraction of sp³-hybridized carbons (Fsp3) is 1.00. The summed E-state index contributed by atoms with van der Waals surface area (Å²) in [5.74, 6) is -49.2. The Labute approximate surface area is 145 Å². The van der Waals surface area contributed by atoms with Gasteiger partial charge in [0.15, 0.2) is 0 Å². The third kappa shape index (κ3) is 3.74.